The number of furan rings is 1. The van der Waals surface area contributed by atoms with E-state index in [1.54, 1.807) is 0 Å². The average Bonchev–Trinajstić information content (AvgIpc) is 3.97. The lowest BCUT2D eigenvalue weighted by atomic mass is 10.0. The van der Waals surface area contributed by atoms with Crippen molar-refractivity contribution in [3.05, 3.63) is 188 Å². The number of nitriles is 1. The first-order valence-corrected chi connectivity index (χ1v) is 19.5. The number of nitrogens with zero attached hydrogens (tertiary/aromatic N) is 6. The van der Waals surface area contributed by atoms with Crippen LogP contribution in [0.5, 0.6) is 0 Å². The van der Waals surface area contributed by atoms with Crippen LogP contribution in [-0.2, 0) is 0 Å². The molecule has 0 aliphatic heterocycles. The summed E-state index contributed by atoms with van der Waals surface area (Å²) in [5.41, 5.74) is 9.73. The Morgan fingerprint density at radius 1 is 0.424 bits per heavy atom. The van der Waals surface area contributed by atoms with Crippen LogP contribution >= 0.6 is 0 Å². The number of hydrogen-bond donors (Lipinski definition) is 0. The van der Waals surface area contributed by atoms with Crippen LogP contribution in [0.1, 0.15) is 5.56 Å². The Morgan fingerprint density at radius 2 is 0.864 bits per heavy atom. The molecule has 0 aliphatic rings. The summed E-state index contributed by atoms with van der Waals surface area (Å²) in [6.45, 7) is 0. The predicted octanol–water partition coefficient (Wildman–Crippen LogP) is 12.8. The van der Waals surface area contributed by atoms with Gasteiger partial charge in [0.2, 0.25) is 0 Å². The lowest BCUT2D eigenvalue weighted by Gasteiger charge is -2.15. The molecule has 0 N–H and O–H groups in total. The largest absolute Gasteiger partial charge is 0.453 e. The van der Waals surface area contributed by atoms with Gasteiger partial charge in [-0.05, 0) is 36.4 Å². The minimum absolute atomic E-state index is 0.486. The van der Waals surface area contributed by atoms with Gasteiger partial charge in [0.15, 0.2) is 23.1 Å². The fraction of sp³-hybridized carbons (Fsp3) is 0. The van der Waals surface area contributed by atoms with Crippen LogP contribution in [0.3, 0.4) is 0 Å². The number of hydrogen-bond acceptors (Lipinski definition) is 5. The Kier molecular flexibility index (Phi) is 7.16. The third kappa shape index (κ3) is 4.90. The van der Waals surface area contributed by atoms with Gasteiger partial charge in [-0.25, -0.2) is 15.0 Å². The van der Waals surface area contributed by atoms with Crippen molar-refractivity contribution in [3.8, 4) is 51.6 Å². The normalized spacial score (nSPS) is 11.7. The average molecular weight is 755 g/mol. The number of benzene rings is 8. The monoisotopic (exact) mass is 754 g/mol. The van der Waals surface area contributed by atoms with Crippen molar-refractivity contribution >= 4 is 65.6 Å². The van der Waals surface area contributed by atoms with Gasteiger partial charge >= 0.3 is 0 Å². The predicted molar refractivity (Wildman–Crippen MR) is 237 cm³/mol. The number of fused-ring (bicyclic) bond motifs is 9. The van der Waals surface area contributed by atoms with Crippen molar-refractivity contribution in [1.82, 2.24) is 24.1 Å². The van der Waals surface area contributed by atoms with Crippen LogP contribution in [0.25, 0.3) is 111 Å². The van der Waals surface area contributed by atoms with Gasteiger partial charge in [0, 0.05) is 38.1 Å². The van der Waals surface area contributed by atoms with Crippen molar-refractivity contribution in [3.63, 3.8) is 0 Å². The molecule has 7 heteroatoms. The third-order valence-corrected chi connectivity index (χ3v) is 11.4. The Balaban J connectivity index is 1.25. The standard InChI is InChI=1S/C52H30N6O/c53-31-34-30-45(57-41-26-11-7-20-35(41)36-21-8-12-27-42(36)57)46-39-24-15-25-40(52-55-50(32-16-3-1-4-17-32)54-51(56-52)33-18-5-2-6-19-33)48(39)59-49(46)47(34)58-43-28-13-9-22-37(43)38-23-10-14-29-44(38)58/h1-30H. The van der Waals surface area contributed by atoms with E-state index in [4.69, 9.17) is 19.4 Å². The molecule has 0 amide bonds. The second-order valence-corrected chi connectivity index (χ2v) is 14.7. The first-order valence-electron chi connectivity index (χ1n) is 19.5. The highest BCUT2D eigenvalue weighted by molar-refractivity contribution is 6.19. The molecule has 0 spiro atoms. The van der Waals surface area contributed by atoms with Crippen molar-refractivity contribution in [1.29, 1.82) is 5.26 Å². The molecule has 0 aliphatic carbocycles. The van der Waals surface area contributed by atoms with Crippen molar-refractivity contribution in [2.45, 2.75) is 0 Å². The zero-order valence-corrected chi connectivity index (χ0v) is 31.4. The smallest absolute Gasteiger partial charge is 0.167 e. The van der Waals surface area contributed by atoms with Crippen LogP contribution in [0.15, 0.2) is 186 Å². The van der Waals surface area contributed by atoms with E-state index < -0.39 is 0 Å². The van der Waals surface area contributed by atoms with Gasteiger partial charge < -0.3 is 13.6 Å². The summed E-state index contributed by atoms with van der Waals surface area (Å²) in [5, 5.41) is 17.4. The number of para-hydroxylation sites is 5. The molecule has 7 nitrogen and oxygen atoms in total. The van der Waals surface area contributed by atoms with Gasteiger partial charge in [-0.15, -0.1) is 0 Å². The summed E-state index contributed by atoms with van der Waals surface area (Å²) in [5.74, 6) is 1.61. The van der Waals surface area contributed by atoms with E-state index in [9.17, 15) is 5.26 Å². The molecule has 0 saturated heterocycles. The zero-order valence-electron chi connectivity index (χ0n) is 31.4. The summed E-state index contributed by atoms with van der Waals surface area (Å²) in [6.07, 6.45) is 0. The summed E-state index contributed by atoms with van der Waals surface area (Å²) < 4.78 is 11.8. The van der Waals surface area contributed by atoms with Crippen LogP contribution in [0.2, 0.25) is 0 Å². The van der Waals surface area contributed by atoms with Crippen LogP contribution < -0.4 is 0 Å². The third-order valence-electron chi connectivity index (χ3n) is 11.4. The highest BCUT2D eigenvalue weighted by Crippen LogP contribution is 2.46. The molecule has 59 heavy (non-hydrogen) atoms. The minimum atomic E-state index is 0.486. The molecule has 8 aromatic carbocycles. The maximum Gasteiger partial charge on any atom is 0.167 e. The number of rotatable bonds is 5. The van der Waals surface area contributed by atoms with E-state index in [0.717, 1.165) is 76.8 Å². The highest BCUT2D eigenvalue weighted by Gasteiger charge is 2.27. The summed E-state index contributed by atoms with van der Waals surface area (Å²) in [6, 6.07) is 64.3. The molecule has 12 rings (SSSR count). The van der Waals surface area contributed by atoms with Crippen LogP contribution in [0, 0.1) is 11.3 Å². The molecule has 0 unspecified atom stereocenters. The van der Waals surface area contributed by atoms with E-state index in [0.29, 0.717) is 39.9 Å². The first-order chi connectivity index (χ1) is 29.2. The van der Waals surface area contributed by atoms with Crippen molar-refractivity contribution < 1.29 is 4.42 Å². The summed E-state index contributed by atoms with van der Waals surface area (Å²) in [4.78, 5) is 15.2. The molecule has 0 atom stereocenters. The second kappa shape index (κ2) is 12.8. The van der Waals surface area contributed by atoms with Gasteiger partial charge in [0.05, 0.1) is 44.3 Å². The van der Waals surface area contributed by atoms with Gasteiger partial charge in [-0.3, -0.25) is 0 Å². The molecule has 0 radical (unpaired) electrons. The van der Waals surface area contributed by atoms with E-state index in [1.165, 1.54) is 0 Å². The molecule has 0 fully saturated rings. The Labute approximate surface area is 337 Å². The van der Waals surface area contributed by atoms with Gasteiger partial charge in [-0.2, -0.15) is 5.26 Å². The minimum Gasteiger partial charge on any atom is -0.453 e. The Morgan fingerprint density at radius 3 is 1.37 bits per heavy atom. The quantitative estimate of drug-likeness (QED) is 0.175. The Bertz CT molecular complexity index is 3520. The maximum absolute atomic E-state index is 11.2. The first kappa shape index (κ1) is 32.9. The summed E-state index contributed by atoms with van der Waals surface area (Å²) in [7, 11) is 0. The molecule has 274 valence electrons. The SMILES string of the molecule is N#Cc1cc(-n2c3ccccc3c3ccccc32)c2c(oc3c(-c4nc(-c5ccccc5)nc(-c5ccccc5)n4)cccc32)c1-n1c2ccccc2c2ccccc21. The molecule has 0 saturated carbocycles. The highest BCUT2D eigenvalue weighted by atomic mass is 16.3. The topological polar surface area (TPSA) is 85.5 Å². The van der Waals surface area contributed by atoms with Crippen molar-refractivity contribution in [2.75, 3.05) is 0 Å². The van der Waals surface area contributed by atoms with E-state index in [-0.39, 0.29) is 0 Å². The summed E-state index contributed by atoms with van der Waals surface area (Å²) >= 11 is 0. The van der Waals surface area contributed by atoms with Gasteiger partial charge in [-0.1, -0.05) is 146 Å². The van der Waals surface area contributed by atoms with Crippen LogP contribution in [-0.4, -0.2) is 24.1 Å². The van der Waals surface area contributed by atoms with Gasteiger partial charge in [0.25, 0.3) is 0 Å². The molecule has 4 heterocycles. The lowest BCUT2D eigenvalue weighted by molar-refractivity contribution is 0.666. The molecular formula is C52H30N6O. The molecule has 12 aromatic rings. The fourth-order valence-corrected chi connectivity index (χ4v) is 8.87. The van der Waals surface area contributed by atoms with Crippen LogP contribution in [0.4, 0.5) is 0 Å². The second-order valence-electron chi connectivity index (χ2n) is 14.7. The maximum atomic E-state index is 11.2. The van der Waals surface area contributed by atoms with Crippen molar-refractivity contribution in [2.24, 2.45) is 0 Å². The molecule has 4 aromatic heterocycles. The zero-order chi connectivity index (χ0) is 39.0. The Hall–Kier alpha value is -8.34. The van der Waals surface area contributed by atoms with E-state index in [2.05, 4.69) is 106 Å². The van der Waals surface area contributed by atoms with Gasteiger partial charge in [0.1, 0.15) is 17.3 Å². The van der Waals surface area contributed by atoms with E-state index >= 15 is 0 Å². The molecular weight excluding hydrogens is 725 g/mol. The molecule has 0 bridgehead atoms. The van der Waals surface area contributed by atoms with E-state index in [1.807, 2.05) is 91.0 Å². The lowest BCUT2D eigenvalue weighted by Crippen LogP contribution is -2.02. The fourth-order valence-electron chi connectivity index (χ4n) is 8.87. The number of aromatic nitrogens is 5.